The quantitative estimate of drug-likeness (QED) is 0.173. The normalized spacial score (nSPS) is 11.3. The van der Waals surface area contributed by atoms with Gasteiger partial charge in [-0.25, -0.2) is 4.98 Å². The summed E-state index contributed by atoms with van der Waals surface area (Å²) in [6.45, 7) is 5.93. The molecular weight excluding hydrogens is 608 g/mol. The molecule has 1 amide bonds. The zero-order chi connectivity index (χ0) is 30.5. The molecule has 218 valence electrons. The van der Waals surface area contributed by atoms with Gasteiger partial charge in [-0.05, 0) is 78.6 Å². The van der Waals surface area contributed by atoms with Crippen LogP contribution in [0.1, 0.15) is 36.5 Å². The topological polar surface area (TPSA) is 94.8 Å². The molecule has 1 heterocycles. The van der Waals surface area contributed by atoms with Gasteiger partial charge in [0.25, 0.3) is 11.5 Å². The van der Waals surface area contributed by atoms with Crippen molar-refractivity contribution < 1.29 is 14.3 Å². The average Bonchev–Trinajstić information content (AvgIpc) is 3.00. The number of amides is 1. The third-order valence-electron chi connectivity index (χ3n) is 6.89. The highest BCUT2D eigenvalue weighted by atomic mass is 79.9. The van der Waals surface area contributed by atoms with Gasteiger partial charge in [0.1, 0.15) is 11.5 Å². The second-order valence-corrected chi connectivity index (χ2v) is 11.2. The predicted molar refractivity (Wildman–Crippen MR) is 175 cm³/mol. The second-order valence-electron chi connectivity index (χ2n) is 10.3. The molecule has 8 nitrogen and oxygen atoms in total. The molecule has 0 saturated carbocycles. The lowest BCUT2D eigenvalue weighted by Crippen LogP contribution is -2.21. The van der Waals surface area contributed by atoms with Crippen molar-refractivity contribution in [2.75, 3.05) is 19.0 Å². The molecule has 0 bridgehead atoms. The van der Waals surface area contributed by atoms with Crippen LogP contribution < -0.4 is 20.3 Å². The third kappa shape index (κ3) is 6.67. The molecular formula is C34H31BrN4O4. The largest absolute Gasteiger partial charge is 0.496 e. The highest BCUT2D eigenvalue weighted by Gasteiger charge is 2.18. The SMILES string of the molecule is COc1cc(C)c(-c2nc3ccccc3c(=O)n2N=Cc2cc(Br)ccc2OCC(=O)Nc2ccccc2)cc1C(C)C. The summed E-state index contributed by atoms with van der Waals surface area (Å²) in [6, 6.07) is 25.7. The summed E-state index contributed by atoms with van der Waals surface area (Å²) in [6.07, 6.45) is 1.54. The number of carbonyl (C=O) groups is 1. The number of methoxy groups -OCH3 is 1. The number of halogens is 1. The smallest absolute Gasteiger partial charge is 0.282 e. The molecule has 1 aromatic heterocycles. The number of aryl methyl sites for hydroxylation is 1. The summed E-state index contributed by atoms with van der Waals surface area (Å²) in [5.41, 5.74) is 4.18. The lowest BCUT2D eigenvalue weighted by Gasteiger charge is -2.17. The number of anilines is 1. The molecule has 43 heavy (non-hydrogen) atoms. The van der Waals surface area contributed by atoms with Gasteiger partial charge >= 0.3 is 0 Å². The summed E-state index contributed by atoms with van der Waals surface area (Å²) in [7, 11) is 1.65. The molecule has 0 spiro atoms. The minimum absolute atomic E-state index is 0.180. The fourth-order valence-electron chi connectivity index (χ4n) is 4.71. The molecule has 0 fully saturated rings. The number of benzene rings is 4. The number of rotatable bonds is 9. The van der Waals surface area contributed by atoms with E-state index in [4.69, 9.17) is 14.5 Å². The maximum atomic E-state index is 13.8. The van der Waals surface area contributed by atoms with Gasteiger partial charge in [0, 0.05) is 21.3 Å². The van der Waals surface area contributed by atoms with E-state index in [1.165, 1.54) is 4.68 Å². The van der Waals surface area contributed by atoms with Crippen LogP contribution in [0.4, 0.5) is 5.69 Å². The fourth-order valence-corrected chi connectivity index (χ4v) is 5.08. The van der Waals surface area contributed by atoms with Crippen LogP contribution in [0.2, 0.25) is 0 Å². The van der Waals surface area contributed by atoms with E-state index in [2.05, 4.69) is 40.2 Å². The molecule has 5 rings (SSSR count). The predicted octanol–water partition coefficient (Wildman–Crippen LogP) is 7.17. The Bertz CT molecular complexity index is 1880. The van der Waals surface area contributed by atoms with E-state index in [0.29, 0.717) is 33.7 Å². The lowest BCUT2D eigenvalue weighted by atomic mass is 9.96. The van der Waals surface area contributed by atoms with Crippen LogP contribution in [0.25, 0.3) is 22.3 Å². The monoisotopic (exact) mass is 638 g/mol. The van der Waals surface area contributed by atoms with Gasteiger partial charge in [-0.1, -0.05) is 60.1 Å². The van der Waals surface area contributed by atoms with Crippen molar-refractivity contribution >= 4 is 44.6 Å². The maximum Gasteiger partial charge on any atom is 0.282 e. The first-order chi connectivity index (χ1) is 20.7. The van der Waals surface area contributed by atoms with Gasteiger partial charge in [0.2, 0.25) is 0 Å². The van der Waals surface area contributed by atoms with Crippen molar-refractivity contribution in [1.82, 2.24) is 9.66 Å². The van der Waals surface area contributed by atoms with Crippen molar-refractivity contribution in [3.63, 3.8) is 0 Å². The Morgan fingerprint density at radius 2 is 1.77 bits per heavy atom. The number of carbonyl (C=O) groups excluding carboxylic acids is 1. The van der Waals surface area contributed by atoms with Gasteiger partial charge in [-0.15, -0.1) is 0 Å². The first-order valence-corrected chi connectivity index (χ1v) is 14.6. The zero-order valence-electron chi connectivity index (χ0n) is 24.3. The van der Waals surface area contributed by atoms with E-state index < -0.39 is 0 Å². The number of fused-ring (bicyclic) bond motifs is 1. The third-order valence-corrected chi connectivity index (χ3v) is 7.39. The Morgan fingerprint density at radius 3 is 2.51 bits per heavy atom. The average molecular weight is 640 g/mol. The van der Waals surface area contributed by atoms with Crippen molar-refractivity contribution in [3.8, 4) is 22.9 Å². The summed E-state index contributed by atoms with van der Waals surface area (Å²) in [4.78, 5) is 31.2. The van der Waals surface area contributed by atoms with E-state index in [-0.39, 0.29) is 24.0 Å². The van der Waals surface area contributed by atoms with E-state index in [9.17, 15) is 9.59 Å². The first kappa shape index (κ1) is 29.7. The number of hydrogen-bond acceptors (Lipinski definition) is 6. The minimum atomic E-state index is -0.308. The highest BCUT2D eigenvalue weighted by molar-refractivity contribution is 9.10. The molecule has 0 atom stereocenters. The Morgan fingerprint density at radius 1 is 1.02 bits per heavy atom. The van der Waals surface area contributed by atoms with Crippen molar-refractivity contribution in [2.24, 2.45) is 5.10 Å². The summed E-state index contributed by atoms with van der Waals surface area (Å²) in [5, 5.41) is 7.89. The number of para-hydroxylation sites is 2. The van der Waals surface area contributed by atoms with Crippen LogP contribution in [0.3, 0.4) is 0 Å². The lowest BCUT2D eigenvalue weighted by molar-refractivity contribution is -0.118. The molecule has 0 saturated heterocycles. The Kier molecular flexibility index (Phi) is 9.01. The van der Waals surface area contributed by atoms with E-state index >= 15 is 0 Å². The van der Waals surface area contributed by atoms with Crippen molar-refractivity contribution in [2.45, 2.75) is 26.7 Å². The van der Waals surface area contributed by atoms with Crippen LogP contribution in [0, 0.1) is 6.92 Å². The van der Waals surface area contributed by atoms with Gasteiger partial charge in [-0.3, -0.25) is 9.59 Å². The van der Waals surface area contributed by atoms with Gasteiger partial charge < -0.3 is 14.8 Å². The van der Waals surface area contributed by atoms with Gasteiger partial charge in [0.15, 0.2) is 12.4 Å². The Labute approximate surface area is 258 Å². The highest BCUT2D eigenvalue weighted by Crippen LogP contribution is 2.34. The molecule has 0 aliphatic rings. The molecule has 0 radical (unpaired) electrons. The summed E-state index contributed by atoms with van der Waals surface area (Å²) >= 11 is 3.50. The van der Waals surface area contributed by atoms with Gasteiger partial charge in [-0.2, -0.15) is 9.78 Å². The number of nitrogens with zero attached hydrogens (tertiary/aromatic N) is 3. The van der Waals surface area contributed by atoms with Crippen LogP contribution in [0.5, 0.6) is 11.5 Å². The summed E-state index contributed by atoms with van der Waals surface area (Å²) < 4.78 is 13.6. The number of hydrogen-bond donors (Lipinski definition) is 1. The van der Waals surface area contributed by atoms with Crippen molar-refractivity contribution in [1.29, 1.82) is 0 Å². The van der Waals surface area contributed by atoms with Crippen LogP contribution in [0.15, 0.2) is 99.3 Å². The number of ether oxygens (including phenoxy) is 2. The molecule has 1 N–H and O–H groups in total. The molecule has 0 aliphatic carbocycles. The molecule has 0 aliphatic heterocycles. The molecule has 0 unspecified atom stereocenters. The van der Waals surface area contributed by atoms with Crippen molar-refractivity contribution in [3.05, 3.63) is 116 Å². The zero-order valence-corrected chi connectivity index (χ0v) is 25.9. The molecule has 9 heteroatoms. The summed E-state index contributed by atoms with van der Waals surface area (Å²) in [5.74, 6) is 1.49. The number of nitrogens with one attached hydrogen (secondary N) is 1. The van der Waals surface area contributed by atoms with Gasteiger partial charge in [0.05, 0.1) is 24.2 Å². The molecule has 5 aromatic rings. The number of aromatic nitrogens is 2. The molecule has 4 aromatic carbocycles. The van der Waals surface area contributed by atoms with E-state index in [1.807, 2.05) is 61.5 Å². The van der Waals surface area contributed by atoms with Crippen LogP contribution >= 0.6 is 15.9 Å². The first-order valence-electron chi connectivity index (χ1n) is 13.8. The fraction of sp³-hybridized carbons (Fsp3) is 0.176. The standard InChI is InChI=1S/C34H31BrN4O4/c1-21(2)27-18-28(22(3)16-31(27)42-4)33-38-29-13-9-8-12-26(29)34(41)39(33)36-19-23-17-24(35)14-15-30(23)43-20-32(40)37-25-10-6-5-7-11-25/h5-19,21H,20H2,1-4H3,(H,37,40). The minimum Gasteiger partial charge on any atom is -0.496 e. The van der Waals surface area contributed by atoms with Crippen LogP contribution in [-0.4, -0.2) is 35.5 Å². The maximum absolute atomic E-state index is 13.8. The van der Waals surface area contributed by atoms with Crippen LogP contribution in [-0.2, 0) is 4.79 Å². The Balaban J connectivity index is 1.56. The van der Waals surface area contributed by atoms with E-state index in [0.717, 1.165) is 26.9 Å². The van der Waals surface area contributed by atoms with E-state index in [1.54, 1.807) is 43.7 Å². The Hall–Kier alpha value is -4.76. The second kappa shape index (κ2) is 13.0.